The minimum Gasteiger partial charge on any atom is -0.375 e. The first-order chi connectivity index (χ1) is 13.3. The Balaban J connectivity index is 2.06. The molecule has 3 rings (SSSR count). The van der Waals surface area contributed by atoms with Crippen LogP contribution in [0, 0.1) is 5.82 Å². The predicted octanol–water partition coefficient (Wildman–Crippen LogP) is 2.24. The van der Waals surface area contributed by atoms with Gasteiger partial charge in [-0.25, -0.2) is 20.5 Å². The lowest BCUT2D eigenvalue weighted by molar-refractivity contribution is -0.132. The standard InChI is InChI=1S/C17H14Cl2FN5O3/c18-10-5-6-11(19)14-13(10)17(28,15(26)22-14)7-12(24-25-16(27)23-21)8-1-3-9(20)4-2-8/h1-6,28H,7,21H2,(H,22,26)(H2,23,25,27)/b24-12+/t17-/m1/s1. The predicted molar refractivity (Wildman–Crippen MR) is 102 cm³/mol. The summed E-state index contributed by atoms with van der Waals surface area (Å²) in [6.07, 6.45) is -0.387. The van der Waals surface area contributed by atoms with Gasteiger partial charge in [-0.2, -0.15) is 5.10 Å². The maximum atomic E-state index is 13.3. The second-order valence-corrected chi connectivity index (χ2v) is 6.74. The lowest BCUT2D eigenvalue weighted by Gasteiger charge is -2.23. The van der Waals surface area contributed by atoms with Gasteiger partial charge in [-0.15, -0.1) is 0 Å². The van der Waals surface area contributed by atoms with Crippen LogP contribution in [0.1, 0.15) is 17.5 Å². The minimum atomic E-state index is -2.12. The third kappa shape index (κ3) is 3.65. The van der Waals surface area contributed by atoms with Crippen LogP contribution in [0.4, 0.5) is 14.9 Å². The normalized spacial score (nSPS) is 18.5. The van der Waals surface area contributed by atoms with Gasteiger partial charge in [0, 0.05) is 17.0 Å². The maximum absolute atomic E-state index is 13.3. The van der Waals surface area contributed by atoms with Crippen LogP contribution in [-0.2, 0) is 10.4 Å². The Hall–Kier alpha value is -2.72. The monoisotopic (exact) mass is 425 g/mol. The van der Waals surface area contributed by atoms with Crippen molar-refractivity contribution in [2.24, 2.45) is 10.9 Å². The summed E-state index contributed by atoms with van der Waals surface area (Å²) in [7, 11) is 0. The molecule has 0 spiro atoms. The number of hydrogen-bond donors (Lipinski definition) is 5. The molecule has 3 amide bonds. The van der Waals surface area contributed by atoms with E-state index in [4.69, 9.17) is 29.0 Å². The van der Waals surface area contributed by atoms with Crippen molar-refractivity contribution < 1.29 is 19.1 Å². The molecule has 0 unspecified atom stereocenters. The molecule has 0 bridgehead atoms. The number of carbonyl (C=O) groups is 2. The van der Waals surface area contributed by atoms with Gasteiger partial charge in [0.2, 0.25) is 0 Å². The van der Waals surface area contributed by atoms with Gasteiger partial charge in [-0.1, -0.05) is 35.3 Å². The third-order valence-corrected chi connectivity index (χ3v) is 4.79. The number of fused-ring (bicyclic) bond motifs is 1. The molecule has 1 aliphatic rings. The lowest BCUT2D eigenvalue weighted by Crippen LogP contribution is -2.40. The fourth-order valence-corrected chi connectivity index (χ4v) is 3.34. The van der Waals surface area contributed by atoms with Gasteiger partial charge in [-0.3, -0.25) is 10.2 Å². The van der Waals surface area contributed by atoms with Gasteiger partial charge in [0.15, 0.2) is 5.60 Å². The molecule has 28 heavy (non-hydrogen) atoms. The SMILES string of the molecule is NNC(=O)N/N=C(\C[C@]1(O)C(=O)Nc2c(Cl)ccc(Cl)c21)c1ccc(F)cc1. The largest absolute Gasteiger partial charge is 0.375 e. The highest BCUT2D eigenvalue weighted by atomic mass is 35.5. The Morgan fingerprint density at radius 3 is 2.50 bits per heavy atom. The quantitative estimate of drug-likeness (QED) is 0.222. The summed E-state index contributed by atoms with van der Waals surface area (Å²) in [4.78, 5) is 23.9. The number of anilines is 1. The van der Waals surface area contributed by atoms with E-state index in [0.29, 0.717) is 5.56 Å². The topological polar surface area (TPSA) is 129 Å². The second-order valence-electron chi connectivity index (χ2n) is 5.92. The molecule has 0 aliphatic carbocycles. The number of amides is 3. The number of rotatable bonds is 4. The molecule has 0 aromatic heterocycles. The molecule has 2 aromatic carbocycles. The Morgan fingerprint density at radius 2 is 1.86 bits per heavy atom. The zero-order valence-electron chi connectivity index (χ0n) is 14.1. The van der Waals surface area contributed by atoms with Gasteiger partial charge in [0.05, 0.1) is 16.4 Å². The highest BCUT2D eigenvalue weighted by Crippen LogP contribution is 2.46. The van der Waals surface area contributed by atoms with Crippen molar-refractivity contribution in [2.45, 2.75) is 12.0 Å². The molecule has 0 saturated carbocycles. The van der Waals surface area contributed by atoms with E-state index >= 15 is 0 Å². The number of nitrogens with one attached hydrogen (secondary N) is 3. The van der Waals surface area contributed by atoms with E-state index in [1.54, 1.807) is 0 Å². The molecule has 8 nitrogen and oxygen atoms in total. The molecular weight excluding hydrogens is 412 g/mol. The number of carbonyl (C=O) groups excluding carboxylic acids is 2. The van der Waals surface area contributed by atoms with Crippen LogP contribution >= 0.6 is 23.2 Å². The number of halogens is 3. The van der Waals surface area contributed by atoms with Crippen LogP contribution in [0.3, 0.4) is 0 Å². The number of hydrogen-bond acceptors (Lipinski definition) is 5. The number of hydrazine groups is 1. The zero-order valence-corrected chi connectivity index (χ0v) is 15.6. The molecule has 1 atom stereocenters. The smallest absolute Gasteiger partial charge is 0.349 e. The van der Waals surface area contributed by atoms with Crippen molar-refractivity contribution in [1.29, 1.82) is 0 Å². The summed E-state index contributed by atoms with van der Waals surface area (Å²) >= 11 is 12.3. The van der Waals surface area contributed by atoms with Gasteiger partial charge in [-0.05, 0) is 29.8 Å². The van der Waals surface area contributed by atoms with Crippen LogP contribution in [0.25, 0.3) is 0 Å². The fourth-order valence-electron chi connectivity index (χ4n) is 2.82. The first-order valence-corrected chi connectivity index (χ1v) is 8.63. The lowest BCUT2D eigenvalue weighted by atomic mass is 9.87. The van der Waals surface area contributed by atoms with Crippen LogP contribution in [0.15, 0.2) is 41.5 Å². The van der Waals surface area contributed by atoms with Crippen LogP contribution in [0.2, 0.25) is 10.0 Å². The highest BCUT2D eigenvalue weighted by Gasteiger charge is 2.48. The van der Waals surface area contributed by atoms with E-state index in [9.17, 15) is 19.1 Å². The summed E-state index contributed by atoms with van der Waals surface area (Å²) in [6.45, 7) is 0. The molecule has 146 valence electrons. The molecule has 6 N–H and O–H groups in total. The Bertz CT molecular complexity index is 984. The molecule has 11 heteroatoms. The van der Waals surface area contributed by atoms with Crippen LogP contribution < -0.4 is 22.0 Å². The molecule has 0 fully saturated rings. The summed E-state index contributed by atoms with van der Waals surface area (Å²) < 4.78 is 13.3. The summed E-state index contributed by atoms with van der Waals surface area (Å²) in [5, 5.41) is 17.9. The molecule has 0 radical (unpaired) electrons. The molecule has 0 saturated heterocycles. The zero-order chi connectivity index (χ0) is 20.5. The molecular formula is C17H14Cl2FN5O3. The molecule has 1 heterocycles. The minimum absolute atomic E-state index is 0.0742. The van der Waals surface area contributed by atoms with Crippen molar-refractivity contribution in [3.8, 4) is 0 Å². The van der Waals surface area contributed by atoms with E-state index in [0.717, 1.165) is 0 Å². The number of hydrazone groups is 1. The van der Waals surface area contributed by atoms with E-state index in [1.807, 2.05) is 5.43 Å². The molecule has 2 aromatic rings. The third-order valence-electron chi connectivity index (χ3n) is 4.16. The van der Waals surface area contributed by atoms with Gasteiger partial charge in [0.1, 0.15) is 5.82 Å². The number of aliphatic hydroxyl groups is 1. The number of nitrogens with zero attached hydrogens (tertiary/aromatic N) is 1. The first kappa shape index (κ1) is 20.0. The average Bonchev–Trinajstić information content (AvgIpc) is 2.94. The Kier molecular flexibility index (Phi) is 5.52. The summed E-state index contributed by atoms with van der Waals surface area (Å²) in [5.74, 6) is 3.74. The number of nitrogens with two attached hydrogens (primary N) is 1. The van der Waals surface area contributed by atoms with Crippen molar-refractivity contribution in [2.75, 3.05) is 5.32 Å². The van der Waals surface area contributed by atoms with E-state index < -0.39 is 23.4 Å². The van der Waals surface area contributed by atoms with Gasteiger partial charge in [0.25, 0.3) is 5.91 Å². The van der Waals surface area contributed by atoms with Crippen LogP contribution in [0.5, 0.6) is 0 Å². The maximum Gasteiger partial charge on any atom is 0.349 e. The van der Waals surface area contributed by atoms with Crippen molar-refractivity contribution in [3.05, 3.63) is 63.4 Å². The number of benzene rings is 2. The highest BCUT2D eigenvalue weighted by molar-refractivity contribution is 6.38. The van der Waals surface area contributed by atoms with Gasteiger partial charge >= 0.3 is 6.03 Å². The summed E-state index contributed by atoms with van der Waals surface area (Å²) in [5.41, 5.74) is 2.53. The Morgan fingerprint density at radius 1 is 1.21 bits per heavy atom. The van der Waals surface area contributed by atoms with E-state index in [-0.39, 0.29) is 33.4 Å². The summed E-state index contributed by atoms with van der Waals surface area (Å²) in [6, 6.07) is 7.21. The van der Waals surface area contributed by atoms with Crippen LogP contribution in [-0.4, -0.2) is 22.8 Å². The van der Waals surface area contributed by atoms with E-state index in [1.165, 1.54) is 36.4 Å². The second kappa shape index (κ2) is 7.72. The first-order valence-electron chi connectivity index (χ1n) is 7.87. The number of urea groups is 1. The van der Waals surface area contributed by atoms with Gasteiger partial charge < -0.3 is 10.4 Å². The van der Waals surface area contributed by atoms with Crippen molar-refractivity contribution in [3.63, 3.8) is 0 Å². The Labute approximate surface area is 168 Å². The average molecular weight is 426 g/mol. The van der Waals surface area contributed by atoms with Crippen molar-refractivity contribution >= 4 is 46.5 Å². The fraction of sp³-hybridized carbons (Fsp3) is 0.118. The molecule has 1 aliphatic heterocycles. The van der Waals surface area contributed by atoms with Crippen molar-refractivity contribution in [1.82, 2.24) is 10.9 Å². The van der Waals surface area contributed by atoms with E-state index in [2.05, 4.69) is 15.8 Å².